The molecule has 1 aromatic carbocycles. The molecule has 2 N–H and O–H groups in total. The predicted molar refractivity (Wildman–Crippen MR) is 81.0 cm³/mol. The number of benzene rings is 1. The summed E-state index contributed by atoms with van der Waals surface area (Å²) in [5.74, 6) is -3.45. The molecule has 1 heterocycles. The molecule has 0 radical (unpaired) electrons. The van der Waals surface area contributed by atoms with Crippen molar-refractivity contribution in [3.05, 3.63) is 60.4 Å². The summed E-state index contributed by atoms with van der Waals surface area (Å²) in [6.07, 6.45) is 3.85. The second-order valence-electron chi connectivity index (χ2n) is 5.04. The quantitative estimate of drug-likeness (QED) is 0.567. The Morgan fingerprint density at radius 2 is 1.61 bits per heavy atom. The van der Waals surface area contributed by atoms with E-state index in [0.29, 0.717) is 24.5 Å². The van der Waals surface area contributed by atoms with Crippen LogP contribution in [0.25, 0.3) is 0 Å². The summed E-state index contributed by atoms with van der Waals surface area (Å²) in [6, 6.07) is 12.6. The molecule has 0 saturated carbocycles. The monoisotopic (exact) mass is 316 g/mol. The van der Waals surface area contributed by atoms with Crippen LogP contribution in [-0.4, -0.2) is 28.8 Å². The van der Waals surface area contributed by atoms with Gasteiger partial charge in [0.15, 0.2) is 24.9 Å². The first-order valence-corrected chi connectivity index (χ1v) is 7.17. The summed E-state index contributed by atoms with van der Waals surface area (Å²) in [5.41, 5.74) is 0.643. The van der Waals surface area contributed by atoms with Crippen LogP contribution in [0.2, 0.25) is 0 Å². The Bertz CT molecular complexity index is 640. The lowest BCUT2D eigenvalue weighted by Gasteiger charge is -2.09. The Labute approximate surface area is 133 Å². The molecule has 0 fully saturated rings. The van der Waals surface area contributed by atoms with Gasteiger partial charge in [-0.3, -0.25) is 9.59 Å². The fourth-order valence-corrected chi connectivity index (χ4v) is 2.09. The van der Waals surface area contributed by atoms with Crippen molar-refractivity contribution in [3.63, 3.8) is 0 Å². The first-order chi connectivity index (χ1) is 11.1. The zero-order valence-corrected chi connectivity index (χ0v) is 12.5. The minimum Gasteiger partial charge on any atom is -0.487 e. The van der Waals surface area contributed by atoms with Gasteiger partial charge in [-0.15, -0.1) is 0 Å². The number of pyridine rings is 1. The van der Waals surface area contributed by atoms with Gasteiger partial charge in [0.1, 0.15) is 12.4 Å². The molecule has 0 aliphatic carbocycles. The van der Waals surface area contributed by atoms with Gasteiger partial charge < -0.3 is 14.9 Å². The average Bonchev–Trinajstić information content (AvgIpc) is 2.54. The summed E-state index contributed by atoms with van der Waals surface area (Å²) in [7, 11) is 0. The number of hydrogen-bond donors (Lipinski definition) is 2. The van der Waals surface area contributed by atoms with E-state index in [-0.39, 0.29) is 6.42 Å². The lowest BCUT2D eigenvalue weighted by atomic mass is 10.00. The molecule has 6 nitrogen and oxygen atoms in total. The van der Waals surface area contributed by atoms with Crippen molar-refractivity contribution in [2.45, 2.75) is 13.0 Å². The molecule has 2 rings (SSSR count). The molecule has 0 atom stereocenters. The van der Waals surface area contributed by atoms with E-state index < -0.39 is 17.9 Å². The van der Waals surface area contributed by atoms with Crippen LogP contribution in [0.5, 0.6) is 5.75 Å². The number of rotatable bonds is 8. The van der Waals surface area contributed by atoms with E-state index >= 15 is 0 Å². The van der Waals surface area contributed by atoms with Crippen LogP contribution in [0.1, 0.15) is 5.56 Å². The average molecular weight is 316 g/mol. The van der Waals surface area contributed by atoms with Gasteiger partial charge in [-0.1, -0.05) is 18.2 Å². The second-order valence-corrected chi connectivity index (χ2v) is 5.04. The van der Waals surface area contributed by atoms with E-state index in [0.717, 1.165) is 0 Å². The standard InChI is InChI=1S/C17H17NO5/c19-16(20)15(17(21)22)12-13-4-6-14(7-5-13)23-11-10-18-8-2-1-3-9-18/h1-9,15H,10-12H2,(H-,19,20,21,22)/p+1. The summed E-state index contributed by atoms with van der Waals surface area (Å²) in [4.78, 5) is 21.8. The van der Waals surface area contributed by atoms with Crippen molar-refractivity contribution in [1.29, 1.82) is 0 Å². The first-order valence-electron chi connectivity index (χ1n) is 7.17. The van der Waals surface area contributed by atoms with Gasteiger partial charge >= 0.3 is 11.9 Å². The van der Waals surface area contributed by atoms with E-state index in [1.54, 1.807) is 24.3 Å². The Hall–Kier alpha value is -2.89. The number of nitrogens with zero attached hydrogens (tertiary/aromatic N) is 1. The third-order valence-corrected chi connectivity index (χ3v) is 3.35. The van der Waals surface area contributed by atoms with Crippen molar-refractivity contribution >= 4 is 11.9 Å². The lowest BCUT2D eigenvalue weighted by Crippen LogP contribution is -2.35. The lowest BCUT2D eigenvalue weighted by molar-refractivity contribution is -0.697. The van der Waals surface area contributed by atoms with Crippen molar-refractivity contribution in [1.82, 2.24) is 0 Å². The maximum Gasteiger partial charge on any atom is 0.318 e. The van der Waals surface area contributed by atoms with E-state index in [1.165, 1.54) is 0 Å². The zero-order chi connectivity index (χ0) is 16.7. The van der Waals surface area contributed by atoms with Crippen molar-refractivity contribution < 1.29 is 29.1 Å². The molecule has 0 unspecified atom stereocenters. The minimum absolute atomic E-state index is 0.0508. The third-order valence-electron chi connectivity index (χ3n) is 3.35. The van der Waals surface area contributed by atoms with Gasteiger partial charge in [-0.25, -0.2) is 4.57 Å². The highest BCUT2D eigenvalue weighted by atomic mass is 16.5. The Morgan fingerprint density at radius 3 is 2.17 bits per heavy atom. The maximum atomic E-state index is 10.9. The highest BCUT2D eigenvalue weighted by Gasteiger charge is 2.25. The highest BCUT2D eigenvalue weighted by Crippen LogP contribution is 2.15. The van der Waals surface area contributed by atoms with Gasteiger partial charge in [0.2, 0.25) is 0 Å². The molecule has 0 saturated heterocycles. The highest BCUT2D eigenvalue weighted by molar-refractivity contribution is 5.93. The smallest absolute Gasteiger partial charge is 0.318 e. The number of aliphatic carboxylic acids is 2. The molecule has 1 aromatic heterocycles. The van der Waals surface area contributed by atoms with Crippen LogP contribution in [0.15, 0.2) is 54.9 Å². The summed E-state index contributed by atoms with van der Waals surface area (Å²) < 4.78 is 7.61. The van der Waals surface area contributed by atoms with Gasteiger partial charge in [0.05, 0.1) is 0 Å². The maximum absolute atomic E-state index is 10.9. The topological polar surface area (TPSA) is 87.7 Å². The van der Waals surface area contributed by atoms with E-state index in [4.69, 9.17) is 14.9 Å². The number of aromatic nitrogens is 1. The number of carbonyl (C=O) groups is 2. The molecule has 120 valence electrons. The van der Waals surface area contributed by atoms with Crippen LogP contribution in [-0.2, 0) is 22.6 Å². The van der Waals surface area contributed by atoms with Crippen LogP contribution in [0.4, 0.5) is 0 Å². The first kappa shape index (κ1) is 16.5. The third kappa shape index (κ3) is 5.10. The van der Waals surface area contributed by atoms with Crippen molar-refractivity contribution in [3.8, 4) is 5.75 Å². The molecular weight excluding hydrogens is 298 g/mol. The molecule has 0 amide bonds. The van der Waals surface area contributed by atoms with Crippen LogP contribution < -0.4 is 9.30 Å². The number of carboxylic acids is 2. The zero-order valence-electron chi connectivity index (χ0n) is 12.5. The summed E-state index contributed by atoms with van der Waals surface area (Å²) >= 11 is 0. The van der Waals surface area contributed by atoms with Gasteiger partial charge in [0.25, 0.3) is 0 Å². The van der Waals surface area contributed by atoms with E-state index in [2.05, 4.69) is 0 Å². The van der Waals surface area contributed by atoms with Gasteiger partial charge in [-0.2, -0.15) is 0 Å². The Morgan fingerprint density at radius 1 is 1.00 bits per heavy atom. The van der Waals surface area contributed by atoms with Crippen LogP contribution >= 0.6 is 0 Å². The molecule has 2 aromatic rings. The normalized spacial score (nSPS) is 10.5. The second kappa shape index (κ2) is 7.93. The molecule has 0 aliphatic rings. The molecular formula is C17H18NO5+. The van der Waals surface area contributed by atoms with Crippen molar-refractivity contribution in [2.75, 3.05) is 6.61 Å². The molecule has 0 spiro atoms. The number of ether oxygens (including phenoxy) is 1. The molecule has 0 aliphatic heterocycles. The SMILES string of the molecule is O=C(O)C(Cc1ccc(OCC[n+]2ccccc2)cc1)C(=O)O. The minimum atomic E-state index is -1.43. The van der Waals surface area contributed by atoms with Crippen LogP contribution in [0.3, 0.4) is 0 Å². The molecule has 0 bridgehead atoms. The number of hydrogen-bond acceptors (Lipinski definition) is 3. The predicted octanol–water partition coefficient (Wildman–Crippen LogP) is 1.38. The van der Waals surface area contributed by atoms with E-state index in [9.17, 15) is 9.59 Å². The molecule has 23 heavy (non-hydrogen) atoms. The van der Waals surface area contributed by atoms with Crippen LogP contribution in [0, 0.1) is 5.92 Å². The fourth-order valence-electron chi connectivity index (χ4n) is 2.09. The fraction of sp³-hybridized carbons (Fsp3) is 0.235. The largest absolute Gasteiger partial charge is 0.487 e. The number of carboxylic acid groups (broad SMARTS) is 2. The Balaban J connectivity index is 1.87. The molecule has 6 heteroatoms. The summed E-state index contributed by atoms with van der Waals surface area (Å²) in [5, 5.41) is 17.8. The summed E-state index contributed by atoms with van der Waals surface area (Å²) in [6.45, 7) is 1.21. The van der Waals surface area contributed by atoms with Gasteiger partial charge in [-0.05, 0) is 24.1 Å². The Kier molecular flexibility index (Phi) is 5.68. The van der Waals surface area contributed by atoms with Crippen molar-refractivity contribution in [2.24, 2.45) is 5.92 Å². The van der Waals surface area contributed by atoms with E-state index in [1.807, 2.05) is 35.2 Å². The van der Waals surface area contributed by atoms with Gasteiger partial charge in [0, 0.05) is 12.1 Å².